The van der Waals surface area contributed by atoms with E-state index in [2.05, 4.69) is 15.9 Å². The molecule has 0 aliphatic carbocycles. The minimum atomic E-state index is -1.07. The zero-order chi connectivity index (χ0) is 15.2. The predicted molar refractivity (Wildman–Crippen MR) is 81.8 cm³/mol. The van der Waals surface area contributed by atoms with E-state index in [0.29, 0.717) is 26.3 Å². The molecule has 6 heteroatoms. The van der Waals surface area contributed by atoms with Crippen molar-refractivity contribution < 1.29 is 19.4 Å². The third-order valence-corrected chi connectivity index (χ3v) is 3.72. The van der Waals surface area contributed by atoms with Gasteiger partial charge < -0.3 is 14.7 Å². The van der Waals surface area contributed by atoms with E-state index in [1.54, 1.807) is 17.0 Å². The van der Waals surface area contributed by atoms with Gasteiger partial charge in [-0.1, -0.05) is 28.1 Å². The van der Waals surface area contributed by atoms with Crippen molar-refractivity contribution in [1.29, 1.82) is 0 Å². The molecule has 112 valence electrons. The van der Waals surface area contributed by atoms with Crippen LogP contribution in [0.5, 0.6) is 0 Å². The maximum atomic E-state index is 12.1. The zero-order valence-corrected chi connectivity index (χ0v) is 13.0. The second-order valence-electron chi connectivity index (χ2n) is 4.70. The van der Waals surface area contributed by atoms with E-state index in [-0.39, 0.29) is 17.9 Å². The number of ether oxygens (including phenoxy) is 1. The first-order chi connectivity index (χ1) is 10.1. The van der Waals surface area contributed by atoms with Crippen LogP contribution in [0.15, 0.2) is 34.3 Å². The SMILES string of the molecule is O=C(O)/C(=C\c1ccc(Br)cc1)CC(=O)N1CCOCC1. The molecule has 1 fully saturated rings. The normalized spacial score (nSPS) is 15.9. The molecule has 0 saturated carbocycles. The summed E-state index contributed by atoms with van der Waals surface area (Å²) in [6.45, 7) is 2.04. The third kappa shape index (κ3) is 4.68. The van der Waals surface area contributed by atoms with Crippen molar-refractivity contribution in [2.75, 3.05) is 26.3 Å². The molecule has 1 heterocycles. The Morgan fingerprint density at radius 1 is 1.24 bits per heavy atom. The number of carbonyl (C=O) groups excluding carboxylic acids is 1. The van der Waals surface area contributed by atoms with Crippen LogP contribution in [-0.2, 0) is 14.3 Å². The first-order valence-electron chi connectivity index (χ1n) is 6.61. The molecule has 2 rings (SSSR count). The van der Waals surface area contributed by atoms with Crippen LogP contribution < -0.4 is 0 Å². The van der Waals surface area contributed by atoms with Crippen LogP contribution in [0.1, 0.15) is 12.0 Å². The third-order valence-electron chi connectivity index (χ3n) is 3.19. The van der Waals surface area contributed by atoms with Gasteiger partial charge in [0, 0.05) is 23.1 Å². The van der Waals surface area contributed by atoms with Gasteiger partial charge in [0.2, 0.25) is 5.91 Å². The lowest BCUT2D eigenvalue weighted by Crippen LogP contribution is -2.41. The van der Waals surface area contributed by atoms with Gasteiger partial charge in [0.25, 0.3) is 0 Å². The van der Waals surface area contributed by atoms with Crippen LogP contribution in [-0.4, -0.2) is 48.2 Å². The topological polar surface area (TPSA) is 66.8 Å². The van der Waals surface area contributed by atoms with E-state index in [1.165, 1.54) is 6.08 Å². The summed E-state index contributed by atoms with van der Waals surface area (Å²) in [7, 11) is 0. The second-order valence-corrected chi connectivity index (χ2v) is 5.61. The van der Waals surface area contributed by atoms with Gasteiger partial charge >= 0.3 is 5.97 Å². The highest BCUT2D eigenvalue weighted by molar-refractivity contribution is 9.10. The molecule has 1 aromatic rings. The van der Waals surface area contributed by atoms with Crippen LogP contribution in [0.25, 0.3) is 6.08 Å². The fraction of sp³-hybridized carbons (Fsp3) is 0.333. The zero-order valence-electron chi connectivity index (χ0n) is 11.4. The van der Waals surface area contributed by atoms with Crippen molar-refractivity contribution in [3.05, 3.63) is 39.9 Å². The first-order valence-corrected chi connectivity index (χ1v) is 7.40. The number of amides is 1. The number of hydrogen-bond acceptors (Lipinski definition) is 3. The molecule has 1 N–H and O–H groups in total. The smallest absolute Gasteiger partial charge is 0.332 e. The number of hydrogen-bond donors (Lipinski definition) is 1. The minimum absolute atomic E-state index is 0.0915. The largest absolute Gasteiger partial charge is 0.478 e. The van der Waals surface area contributed by atoms with Crippen molar-refractivity contribution in [3.63, 3.8) is 0 Å². The summed E-state index contributed by atoms with van der Waals surface area (Å²) in [6, 6.07) is 7.25. The molecule has 1 saturated heterocycles. The van der Waals surface area contributed by atoms with Crippen molar-refractivity contribution in [2.24, 2.45) is 0 Å². The van der Waals surface area contributed by atoms with Gasteiger partial charge in [-0.25, -0.2) is 4.79 Å². The van der Waals surface area contributed by atoms with E-state index in [4.69, 9.17) is 4.74 Å². The molecule has 0 unspecified atom stereocenters. The van der Waals surface area contributed by atoms with E-state index in [9.17, 15) is 14.7 Å². The summed E-state index contributed by atoms with van der Waals surface area (Å²) in [4.78, 5) is 25.1. The number of nitrogens with zero attached hydrogens (tertiary/aromatic N) is 1. The highest BCUT2D eigenvalue weighted by Gasteiger charge is 2.20. The first kappa shape index (κ1) is 15.7. The average Bonchev–Trinajstić information content (AvgIpc) is 2.49. The van der Waals surface area contributed by atoms with Gasteiger partial charge in [-0.15, -0.1) is 0 Å². The van der Waals surface area contributed by atoms with E-state index < -0.39 is 5.97 Å². The van der Waals surface area contributed by atoms with Crippen molar-refractivity contribution >= 4 is 33.9 Å². The van der Waals surface area contributed by atoms with Crippen LogP contribution >= 0.6 is 15.9 Å². The second kappa shape index (κ2) is 7.38. The number of benzene rings is 1. The summed E-state index contributed by atoms with van der Waals surface area (Å²) in [5.41, 5.74) is 0.846. The van der Waals surface area contributed by atoms with Gasteiger partial charge in [0.15, 0.2) is 0 Å². The summed E-state index contributed by atoms with van der Waals surface area (Å²) in [6.07, 6.45) is 1.43. The number of carboxylic acids is 1. The maximum absolute atomic E-state index is 12.1. The summed E-state index contributed by atoms with van der Waals surface area (Å²) in [5.74, 6) is -1.25. The van der Waals surface area contributed by atoms with E-state index in [1.807, 2.05) is 12.1 Å². The monoisotopic (exact) mass is 353 g/mol. The lowest BCUT2D eigenvalue weighted by Gasteiger charge is -2.26. The molecular weight excluding hydrogens is 338 g/mol. The minimum Gasteiger partial charge on any atom is -0.478 e. The Hall–Kier alpha value is -1.66. The van der Waals surface area contributed by atoms with Gasteiger partial charge in [-0.3, -0.25) is 4.79 Å². The number of carboxylic acid groups (broad SMARTS) is 1. The Bertz CT molecular complexity index is 547. The van der Waals surface area contributed by atoms with Gasteiger partial charge in [-0.2, -0.15) is 0 Å². The fourth-order valence-corrected chi connectivity index (χ4v) is 2.30. The Morgan fingerprint density at radius 3 is 2.43 bits per heavy atom. The van der Waals surface area contributed by atoms with Crippen LogP contribution in [0.3, 0.4) is 0 Å². The summed E-state index contributed by atoms with van der Waals surface area (Å²) < 4.78 is 6.10. The number of rotatable bonds is 4. The van der Waals surface area contributed by atoms with Crippen molar-refractivity contribution in [2.45, 2.75) is 6.42 Å². The van der Waals surface area contributed by atoms with E-state index in [0.717, 1.165) is 10.0 Å². The fourth-order valence-electron chi connectivity index (χ4n) is 2.04. The van der Waals surface area contributed by atoms with Crippen LogP contribution in [0.2, 0.25) is 0 Å². The Labute approximate surface area is 131 Å². The molecule has 1 amide bonds. The van der Waals surface area contributed by atoms with E-state index >= 15 is 0 Å². The summed E-state index contributed by atoms with van der Waals surface area (Å²) in [5, 5.41) is 9.26. The van der Waals surface area contributed by atoms with Crippen molar-refractivity contribution in [1.82, 2.24) is 4.90 Å². The van der Waals surface area contributed by atoms with Crippen LogP contribution in [0.4, 0.5) is 0 Å². The molecule has 0 aromatic heterocycles. The maximum Gasteiger partial charge on any atom is 0.332 e. The molecular formula is C15H16BrNO4. The predicted octanol–water partition coefficient (Wildman–Crippen LogP) is 2.17. The molecule has 1 aromatic carbocycles. The van der Waals surface area contributed by atoms with Gasteiger partial charge in [0.1, 0.15) is 0 Å². The number of halogens is 1. The molecule has 0 radical (unpaired) electrons. The number of carbonyl (C=O) groups is 2. The summed E-state index contributed by atoms with van der Waals surface area (Å²) >= 11 is 3.32. The highest BCUT2D eigenvalue weighted by atomic mass is 79.9. The Balaban J connectivity index is 2.09. The Kier molecular flexibility index (Phi) is 5.52. The number of aliphatic carboxylic acids is 1. The van der Waals surface area contributed by atoms with Gasteiger partial charge in [0.05, 0.1) is 19.6 Å². The molecule has 0 bridgehead atoms. The molecule has 0 atom stereocenters. The highest BCUT2D eigenvalue weighted by Crippen LogP contribution is 2.16. The van der Waals surface area contributed by atoms with Crippen molar-refractivity contribution in [3.8, 4) is 0 Å². The quantitative estimate of drug-likeness (QED) is 0.842. The molecule has 21 heavy (non-hydrogen) atoms. The average molecular weight is 354 g/mol. The lowest BCUT2D eigenvalue weighted by atomic mass is 10.1. The molecule has 5 nitrogen and oxygen atoms in total. The van der Waals surface area contributed by atoms with Crippen LogP contribution in [0, 0.1) is 0 Å². The molecule has 1 aliphatic rings. The van der Waals surface area contributed by atoms with Gasteiger partial charge in [-0.05, 0) is 23.8 Å². The lowest BCUT2D eigenvalue weighted by molar-refractivity contribution is -0.138. The number of morpholine rings is 1. The Morgan fingerprint density at radius 2 is 1.86 bits per heavy atom. The molecule has 0 spiro atoms. The standard InChI is InChI=1S/C15H16BrNO4/c16-13-3-1-11(2-4-13)9-12(15(19)20)10-14(18)17-5-7-21-8-6-17/h1-4,9H,5-8,10H2,(H,19,20)/b12-9-. The molecule has 1 aliphatic heterocycles.